The van der Waals surface area contributed by atoms with E-state index in [1.165, 1.54) is 6.20 Å². The van der Waals surface area contributed by atoms with Gasteiger partial charge in [-0.15, -0.1) is 0 Å². The smallest absolute Gasteiger partial charge is 0.337 e. The molecule has 5 nitrogen and oxygen atoms in total. The number of fused-ring (bicyclic) bond motifs is 1. The number of aromatic carboxylic acids is 1. The molecule has 2 heterocycles. The van der Waals surface area contributed by atoms with E-state index in [2.05, 4.69) is 9.97 Å². The first-order chi connectivity index (χ1) is 7.67. The highest BCUT2D eigenvalue weighted by atomic mass is 16.4. The third-order valence-corrected chi connectivity index (χ3v) is 2.54. The minimum absolute atomic E-state index is 0.177. The van der Waals surface area contributed by atoms with Crippen molar-refractivity contribution < 1.29 is 9.90 Å². The zero-order chi connectivity index (χ0) is 11.7. The fraction of sp³-hybridized carbons (Fsp3) is 0.364. The van der Waals surface area contributed by atoms with Gasteiger partial charge < -0.3 is 9.67 Å². The van der Waals surface area contributed by atoms with Crippen LogP contribution >= 0.6 is 0 Å². The lowest BCUT2D eigenvalue weighted by molar-refractivity contribution is 0.0696. The van der Waals surface area contributed by atoms with E-state index in [1.54, 1.807) is 6.07 Å². The van der Waals surface area contributed by atoms with Gasteiger partial charge in [0.15, 0.2) is 5.65 Å². The standard InChI is InChI=1S/C11H13N3O2/c1-3-9-13-8-5-7(11(15)16)6-12-10(8)14(9)4-2/h5-6H,3-4H2,1-2H3,(H,15,16). The zero-order valence-corrected chi connectivity index (χ0v) is 9.27. The van der Waals surface area contributed by atoms with E-state index in [4.69, 9.17) is 5.11 Å². The molecule has 5 heteroatoms. The summed E-state index contributed by atoms with van der Waals surface area (Å²) in [4.78, 5) is 19.3. The number of carboxylic acids is 1. The Balaban J connectivity index is 2.67. The molecule has 0 aliphatic carbocycles. The number of carboxylic acid groups (broad SMARTS) is 1. The molecule has 0 atom stereocenters. The van der Waals surface area contributed by atoms with Crippen LogP contribution in [0.1, 0.15) is 30.0 Å². The number of hydrogen-bond acceptors (Lipinski definition) is 3. The van der Waals surface area contributed by atoms with Gasteiger partial charge in [0.25, 0.3) is 0 Å². The van der Waals surface area contributed by atoms with Crippen molar-refractivity contribution in [1.82, 2.24) is 14.5 Å². The molecule has 2 aromatic heterocycles. The fourth-order valence-electron chi connectivity index (χ4n) is 1.78. The van der Waals surface area contributed by atoms with Gasteiger partial charge in [0.2, 0.25) is 0 Å². The molecule has 0 bridgehead atoms. The molecule has 0 radical (unpaired) electrons. The van der Waals surface area contributed by atoms with E-state index in [0.717, 1.165) is 24.4 Å². The monoisotopic (exact) mass is 219 g/mol. The molecule has 0 saturated heterocycles. The van der Waals surface area contributed by atoms with Crippen molar-refractivity contribution in [3.63, 3.8) is 0 Å². The topological polar surface area (TPSA) is 68.0 Å². The van der Waals surface area contributed by atoms with E-state index < -0.39 is 5.97 Å². The maximum atomic E-state index is 10.8. The van der Waals surface area contributed by atoms with Gasteiger partial charge in [-0.25, -0.2) is 14.8 Å². The lowest BCUT2D eigenvalue weighted by atomic mass is 10.3. The van der Waals surface area contributed by atoms with E-state index >= 15 is 0 Å². The second-order valence-corrected chi connectivity index (χ2v) is 3.50. The molecular formula is C11H13N3O2. The number of pyridine rings is 1. The molecule has 2 rings (SSSR count). The summed E-state index contributed by atoms with van der Waals surface area (Å²) < 4.78 is 2.00. The Hall–Kier alpha value is -1.91. The predicted octanol–water partition coefficient (Wildman–Crippen LogP) is 1.71. The molecule has 0 amide bonds. The van der Waals surface area contributed by atoms with Crippen LogP contribution < -0.4 is 0 Å². The fourth-order valence-corrected chi connectivity index (χ4v) is 1.78. The highest BCUT2D eigenvalue weighted by Crippen LogP contribution is 2.15. The molecule has 0 unspecified atom stereocenters. The molecular weight excluding hydrogens is 206 g/mol. The Kier molecular flexibility index (Phi) is 2.60. The van der Waals surface area contributed by atoms with Gasteiger partial charge in [-0.05, 0) is 13.0 Å². The van der Waals surface area contributed by atoms with E-state index in [-0.39, 0.29) is 5.56 Å². The van der Waals surface area contributed by atoms with Crippen LogP contribution in [0.15, 0.2) is 12.3 Å². The second kappa shape index (κ2) is 3.92. The van der Waals surface area contributed by atoms with Gasteiger partial charge in [-0.1, -0.05) is 6.92 Å². The normalized spacial score (nSPS) is 10.9. The first-order valence-electron chi connectivity index (χ1n) is 5.25. The Morgan fingerprint density at radius 2 is 2.25 bits per heavy atom. The third-order valence-electron chi connectivity index (χ3n) is 2.54. The predicted molar refractivity (Wildman–Crippen MR) is 59.5 cm³/mol. The molecule has 0 aliphatic heterocycles. The number of imidazole rings is 1. The van der Waals surface area contributed by atoms with Gasteiger partial charge in [0, 0.05) is 19.2 Å². The lowest BCUT2D eigenvalue weighted by Gasteiger charge is -2.02. The summed E-state index contributed by atoms with van der Waals surface area (Å²) in [6.07, 6.45) is 2.19. The molecule has 84 valence electrons. The summed E-state index contributed by atoms with van der Waals surface area (Å²) in [6.45, 7) is 4.83. The van der Waals surface area contributed by atoms with Crippen LogP contribution in [0.25, 0.3) is 11.2 Å². The van der Waals surface area contributed by atoms with Gasteiger partial charge in [-0.3, -0.25) is 0 Å². The Morgan fingerprint density at radius 1 is 1.50 bits per heavy atom. The highest BCUT2D eigenvalue weighted by Gasteiger charge is 2.11. The summed E-state index contributed by atoms with van der Waals surface area (Å²) in [7, 11) is 0. The van der Waals surface area contributed by atoms with Crippen LogP contribution in [0.4, 0.5) is 0 Å². The molecule has 0 spiro atoms. The van der Waals surface area contributed by atoms with Gasteiger partial charge in [0.05, 0.1) is 5.56 Å². The number of aromatic nitrogens is 3. The molecule has 2 aromatic rings. The summed E-state index contributed by atoms with van der Waals surface area (Å²) in [6, 6.07) is 1.57. The maximum absolute atomic E-state index is 10.8. The molecule has 0 saturated carbocycles. The van der Waals surface area contributed by atoms with E-state index in [1.807, 2.05) is 18.4 Å². The van der Waals surface area contributed by atoms with Crippen LogP contribution in [-0.2, 0) is 13.0 Å². The van der Waals surface area contributed by atoms with Gasteiger partial charge in [0.1, 0.15) is 11.3 Å². The number of aryl methyl sites for hydroxylation is 2. The van der Waals surface area contributed by atoms with Crippen molar-refractivity contribution in [2.75, 3.05) is 0 Å². The number of rotatable bonds is 3. The first-order valence-corrected chi connectivity index (χ1v) is 5.25. The molecule has 0 aromatic carbocycles. The lowest BCUT2D eigenvalue weighted by Crippen LogP contribution is -2.01. The van der Waals surface area contributed by atoms with Crippen molar-refractivity contribution in [2.45, 2.75) is 26.8 Å². The van der Waals surface area contributed by atoms with Crippen molar-refractivity contribution in [1.29, 1.82) is 0 Å². The van der Waals surface area contributed by atoms with E-state index in [0.29, 0.717) is 5.52 Å². The zero-order valence-electron chi connectivity index (χ0n) is 9.27. The average Bonchev–Trinajstić information content (AvgIpc) is 2.65. The average molecular weight is 219 g/mol. The summed E-state index contributed by atoms with van der Waals surface area (Å²) in [5, 5.41) is 8.86. The minimum atomic E-state index is -0.974. The number of nitrogens with zero attached hydrogens (tertiary/aromatic N) is 3. The maximum Gasteiger partial charge on any atom is 0.337 e. The summed E-state index contributed by atoms with van der Waals surface area (Å²) in [5.41, 5.74) is 1.58. The Morgan fingerprint density at radius 3 is 2.81 bits per heavy atom. The van der Waals surface area contributed by atoms with Crippen molar-refractivity contribution in [2.24, 2.45) is 0 Å². The Bertz CT molecular complexity index is 545. The molecule has 0 fully saturated rings. The van der Waals surface area contributed by atoms with Crippen LogP contribution in [0.2, 0.25) is 0 Å². The quantitative estimate of drug-likeness (QED) is 0.853. The third kappa shape index (κ3) is 1.54. The van der Waals surface area contributed by atoms with Gasteiger partial charge >= 0.3 is 5.97 Å². The SMILES string of the molecule is CCc1nc2cc(C(=O)O)cnc2n1CC. The van der Waals surface area contributed by atoms with Crippen molar-refractivity contribution in [3.05, 3.63) is 23.7 Å². The molecule has 0 aliphatic rings. The summed E-state index contributed by atoms with van der Waals surface area (Å²) >= 11 is 0. The van der Waals surface area contributed by atoms with Crippen LogP contribution in [0.5, 0.6) is 0 Å². The molecule has 16 heavy (non-hydrogen) atoms. The van der Waals surface area contributed by atoms with Crippen molar-refractivity contribution >= 4 is 17.1 Å². The molecule has 1 N–H and O–H groups in total. The highest BCUT2D eigenvalue weighted by molar-refractivity contribution is 5.90. The number of carbonyl (C=O) groups is 1. The van der Waals surface area contributed by atoms with Crippen LogP contribution in [0, 0.1) is 0 Å². The first kappa shape index (κ1) is 10.6. The van der Waals surface area contributed by atoms with Crippen LogP contribution in [0.3, 0.4) is 0 Å². The minimum Gasteiger partial charge on any atom is -0.478 e. The Labute approximate surface area is 92.8 Å². The van der Waals surface area contributed by atoms with Crippen molar-refractivity contribution in [3.8, 4) is 0 Å². The largest absolute Gasteiger partial charge is 0.478 e. The summed E-state index contributed by atoms with van der Waals surface area (Å²) in [5.74, 6) is -0.0361. The second-order valence-electron chi connectivity index (χ2n) is 3.50. The van der Waals surface area contributed by atoms with E-state index in [9.17, 15) is 4.79 Å². The number of hydrogen-bond donors (Lipinski definition) is 1. The van der Waals surface area contributed by atoms with Crippen LogP contribution in [-0.4, -0.2) is 25.6 Å². The van der Waals surface area contributed by atoms with Gasteiger partial charge in [-0.2, -0.15) is 0 Å².